The van der Waals surface area contributed by atoms with E-state index in [1.807, 2.05) is 36.4 Å². The largest absolute Gasteiger partial charge is 0.451 e. The molecule has 4 rings (SSSR count). The molecule has 7 heteroatoms. The number of carbonyl (C=O) groups excluding carboxylic acids is 2. The Kier molecular flexibility index (Phi) is 7.49. The van der Waals surface area contributed by atoms with Crippen LogP contribution in [0.1, 0.15) is 29.0 Å². The van der Waals surface area contributed by atoms with Crippen LogP contribution in [0.25, 0.3) is 11.0 Å². The Morgan fingerprint density at radius 1 is 1.10 bits per heavy atom. The first-order chi connectivity index (χ1) is 14.2. The van der Waals surface area contributed by atoms with Crippen LogP contribution in [0, 0.1) is 5.92 Å². The predicted octanol–water partition coefficient (Wildman–Crippen LogP) is 3.77. The van der Waals surface area contributed by atoms with Crippen molar-refractivity contribution in [2.24, 2.45) is 5.92 Å². The van der Waals surface area contributed by atoms with Crippen molar-refractivity contribution in [1.82, 2.24) is 10.6 Å². The van der Waals surface area contributed by atoms with Gasteiger partial charge >= 0.3 is 0 Å². The zero-order valence-corrected chi connectivity index (χ0v) is 17.5. The number of carbonyl (C=O) groups is 2. The van der Waals surface area contributed by atoms with Crippen LogP contribution in [-0.2, 0) is 11.2 Å². The van der Waals surface area contributed by atoms with Gasteiger partial charge in [-0.2, -0.15) is 0 Å². The Balaban J connectivity index is 0.00000256. The van der Waals surface area contributed by atoms with Crippen molar-refractivity contribution in [3.05, 3.63) is 65.9 Å². The van der Waals surface area contributed by atoms with Crippen molar-refractivity contribution in [2.45, 2.75) is 19.3 Å². The van der Waals surface area contributed by atoms with E-state index in [-0.39, 0.29) is 30.0 Å². The van der Waals surface area contributed by atoms with Gasteiger partial charge in [0, 0.05) is 17.6 Å². The molecule has 0 saturated carbocycles. The molecule has 30 heavy (non-hydrogen) atoms. The third kappa shape index (κ3) is 5.62. The monoisotopic (exact) mass is 427 g/mol. The third-order valence-corrected chi connectivity index (χ3v) is 5.21. The molecule has 1 fully saturated rings. The van der Waals surface area contributed by atoms with Gasteiger partial charge < -0.3 is 20.4 Å². The minimum absolute atomic E-state index is 0. The average molecular weight is 428 g/mol. The van der Waals surface area contributed by atoms with Crippen molar-refractivity contribution >= 4 is 40.9 Å². The number of nitrogens with one attached hydrogen (secondary N) is 3. The molecule has 0 radical (unpaired) electrons. The maximum atomic E-state index is 12.4. The van der Waals surface area contributed by atoms with E-state index in [2.05, 4.69) is 16.0 Å². The number of furan rings is 1. The van der Waals surface area contributed by atoms with Gasteiger partial charge in [0.1, 0.15) is 5.58 Å². The van der Waals surface area contributed by atoms with Gasteiger partial charge in [-0.05, 0) is 61.7 Å². The number of benzene rings is 2. The molecule has 2 heterocycles. The van der Waals surface area contributed by atoms with Gasteiger partial charge in [-0.3, -0.25) is 9.59 Å². The fourth-order valence-corrected chi connectivity index (χ4v) is 3.60. The second-order valence-corrected chi connectivity index (χ2v) is 7.49. The minimum Gasteiger partial charge on any atom is -0.451 e. The fraction of sp³-hybridized carbons (Fsp3) is 0.304. The maximum absolute atomic E-state index is 12.4. The number of halogens is 1. The zero-order chi connectivity index (χ0) is 20.1. The van der Waals surface area contributed by atoms with E-state index in [1.54, 1.807) is 18.2 Å². The molecule has 0 aliphatic carbocycles. The SMILES string of the molecule is Cl.O=C(Cc1ccc(NC(=O)c2cc3ccccc3o2)cc1)NCC1CCCNC1. The van der Waals surface area contributed by atoms with E-state index < -0.39 is 0 Å². The zero-order valence-electron chi connectivity index (χ0n) is 16.6. The van der Waals surface area contributed by atoms with E-state index in [1.165, 1.54) is 6.42 Å². The lowest BCUT2D eigenvalue weighted by molar-refractivity contribution is -0.120. The standard InChI is InChI=1S/C23H25N3O3.ClH/c27-22(25-15-17-4-3-11-24-14-17)12-16-7-9-19(10-8-16)26-23(28)21-13-18-5-1-2-6-20(18)29-21;/h1-2,5-10,13,17,24H,3-4,11-12,14-15H2,(H,25,27)(H,26,28);1H. The van der Waals surface area contributed by atoms with Crippen LogP contribution in [0.4, 0.5) is 5.69 Å². The summed E-state index contributed by atoms with van der Waals surface area (Å²) in [6.07, 6.45) is 2.66. The van der Waals surface area contributed by atoms with Gasteiger partial charge in [0.2, 0.25) is 5.91 Å². The third-order valence-electron chi connectivity index (χ3n) is 5.21. The van der Waals surface area contributed by atoms with E-state index in [0.29, 0.717) is 23.6 Å². The van der Waals surface area contributed by atoms with Crippen molar-refractivity contribution in [3.63, 3.8) is 0 Å². The van der Waals surface area contributed by atoms with Crippen LogP contribution >= 0.6 is 12.4 Å². The Morgan fingerprint density at radius 2 is 1.90 bits per heavy atom. The number of amides is 2. The van der Waals surface area contributed by atoms with Crippen molar-refractivity contribution < 1.29 is 14.0 Å². The van der Waals surface area contributed by atoms with Crippen LogP contribution in [0.15, 0.2) is 59.0 Å². The molecular weight excluding hydrogens is 402 g/mol. The van der Waals surface area contributed by atoms with Crippen molar-refractivity contribution in [1.29, 1.82) is 0 Å². The summed E-state index contributed by atoms with van der Waals surface area (Å²) in [4.78, 5) is 24.6. The van der Waals surface area contributed by atoms with E-state index in [0.717, 1.165) is 37.0 Å². The summed E-state index contributed by atoms with van der Waals surface area (Å²) >= 11 is 0. The normalized spacial score (nSPS) is 15.9. The number of hydrogen-bond donors (Lipinski definition) is 3. The van der Waals surface area contributed by atoms with E-state index in [9.17, 15) is 9.59 Å². The van der Waals surface area contributed by atoms with Crippen LogP contribution in [0.2, 0.25) is 0 Å². The lowest BCUT2D eigenvalue weighted by atomic mass is 9.99. The Bertz CT molecular complexity index is 961. The lowest BCUT2D eigenvalue weighted by Crippen LogP contribution is -2.38. The van der Waals surface area contributed by atoms with Gasteiger partial charge in [-0.25, -0.2) is 0 Å². The molecule has 0 bridgehead atoms. The van der Waals surface area contributed by atoms with Gasteiger partial charge in [-0.1, -0.05) is 30.3 Å². The molecule has 1 aliphatic heterocycles. The summed E-state index contributed by atoms with van der Waals surface area (Å²) in [7, 11) is 0. The first-order valence-corrected chi connectivity index (χ1v) is 10.0. The maximum Gasteiger partial charge on any atom is 0.291 e. The molecule has 3 N–H and O–H groups in total. The molecule has 158 valence electrons. The second kappa shape index (κ2) is 10.3. The van der Waals surface area contributed by atoms with Crippen molar-refractivity contribution in [2.75, 3.05) is 25.0 Å². The van der Waals surface area contributed by atoms with Crippen LogP contribution in [0.3, 0.4) is 0 Å². The van der Waals surface area contributed by atoms with Gasteiger partial charge in [-0.15, -0.1) is 12.4 Å². The quantitative estimate of drug-likeness (QED) is 0.559. The first-order valence-electron chi connectivity index (χ1n) is 10.0. The molecule has 6 nitrogen and oxygen atoms in total. The summed E-state index contributed by atoms with van der Waals surface area (Å²) in [5.74, 6) is 0.512. The molecule has 1 aliphatic rings. The molecule has 2 amide bonds. The highest BCUT2D eigenvalue weighted by molar-refractivity contribution is 6.04. The van der Waals surface area contributed by atoms with Gasteiger partial charge in [0.05, 0.1) is 6.42 Å². The molecular formula is C23H26ClN3O3. The highest BCUT2D eigenvalue weighted by Gasteiger charge is 2.15. The Labute approximate surface area is 181 Å². The van der Waals surface area contributed by atoms with Crippen LogP contribution in [-0.4, -0.2) is 31.4 Å². The topological polar surface area (TPSA) is 83.4 Å². The second-order valence-electron chi connectivity index (χ2n) is 7.49. The molecule has 1 atom stereocenters. The minimum atomic E-state index is -0.298. The number of piperidine rings is 1. The fourth-order valence-electron chi connectivity index (χ4n) is 3.60. The lowest BCUT2D eigenvalue weighted by Gasteiger charge is -2.22. The van der Waals surface area contributed by atoms with Crippen molar-refractivity contribution in [3.8, 4) is 0 Å². The van der Waals surface area contributed by atoms with Gasteiger partial charge in [0.25, 0.3) is 5.91 Å². The number of para-hydroxylation sites is 1. The summed E-state index contributed by atoms with van der Waals surface area (Å²) in [5, 5.41) is 10.1. The molecule has 1 saturated heterocycles. The van der Waals surface area contributed by atoms with Crippen LogP contribution in [0.5, 0.6) is 0 Å². The predicted molar refractivity (Wildman–Crippen MR) is 120 cm³/mol. The molecule has 0 spiro atoms. The number of rotatable bonds is 6. The summed E-state index contributed by atoms with van der Waals surface area (Å²) in [6, 6.07) is 16.5. The molecule has 1 aromatic heterocycles. The number of hydrogen-bond acceptors (Lipinski definition) is 4. The Morgan fingerprint density at radius 3 is 2.63 bits per heavy atom. The van der Waals surface area contributed by atoms with Gasteiger partial charge in [0.15, 0.2) is 5.76 Å². The highest BCUT2D eigenvalue weighted by atomic mass is 35.5. The Hall–Kier alpha value is -2.83. The molecule has 3 aromatic rings. The van der Waals surface area contributed by atoms with Crippen LogP contribution < -0.4 is 16.0 Å². The highest BCUT2D eigenvalue weighted by Crippen LogP contribution is 2.20. The molecule has 1 unspecified atom stereocenters. The first kappa shape index (κ1) is 21.9. The average Bonchev–Trinajstić information content (AvgIpc) is 3.19. The number of fused-ring (bicyclic) bond motifs is 1. The van der Waals surface area contributed by atoms with E-state index >= 15 is 0 Å². The van der Waals surface area contributed by atoms with E-state index in [4.69, 9.17) is 4.42 Å². The summed E-state index contributed by atoms with van der Waals surface area (Å²) < 4.78 is 5.59. The smallest absolute Gasteiger partial charge is 0.291 e. The summed E-state index contributed by atoms with van der Waals surface area (Å²) in [6.45, 7) is 2.76. The number of anilines is 1. The molecule has 2 aromatic carbocycles. The summed E-state index contributed by atoms with van der Waals surface area (Å²) in [5.41, 5.74) is 2.25.